The molecule has 1 aromatic carbocycles. The summed E-state index contributed by atoms with van der Waals surface area (Å²) in [6.45, 7) is 5.96. The zero-order valence-electron chi connectivity index (χ0n) is 22.9. The molecule has 0 aliphatic carbocycles. The van der Waals surface area contributed by atoms with Crippen LogP contribution < -0.4 is 9.64 Å². The number of piperazine rings is 1. The van der Waals surface area contributed by atoms with E-state index in [-0.39, 0.29) is 12.3 Å². The Balaban J connectivity index is 1.32. The van der Waals surface area contributed by atoms with Crippen molar-refractivity contribution in [3.05, 3.63) is 58.3 Å². The number of aliphatic hydroxyl groups excluding tert-OH is 1. The minimum atomic E-state index is -1.31. The third-order valence-corrected chi connectivity index (χ3v) is 8.03. The molecule has 3 aromatic rings. The Hall–Kier alpha value is -3.02. The van der Waals surface area contributed by atoms with Gasteiger partial charge in [0.05, 0.1) is 18.1 Å². The van der Waals surface area contributed by atoms with E-state index in [9.17, 15) is 9.90 Å². The van der Waals surface area contributed by atoms with E-state index in [2.05, 4.69) is 31.7 Å². The van der Waals surface area contributed by atoms with Crippen molar-refractivity contribution in [1.29, 1.82) is 0 Å². The molecule has 41 heavy (non-hydrogen) atoms. The number of halogens is 2. The number of pyridine rings is 1. The first-order chi connectivity index (χ1) is 19.7. The van der Waals surface area contributed by atoms with Gasteiger partial charge in [-0.05, 0) is 75.1 Å². The van der Waals surface area contributed by atoms with Crippen molar-refractivity contribution in [3.63, 3.8) is 0 Å². The average Bonchev–Trinajstić information content (AvgIpc) is 2.94. The SMILES string of the molecule is CN1CCN(c2ncc(Oc3cc(CN4CCC(CC(O)C(=O)O)CC4)cc(-c4cc(Cl)cc(Cl)c4)n3)cn2)CC1. The van der Waals surface area contributed by atoms with Crippen molar-refractivity contribution in [2.24, 2.45) is 5.92 Å². The van der Waals surface area contributed by atoms with E-state index in [0.717, 1.165) is 63.2 Å². The fraction of sp³-hybridized carbons (Fsp3) is 0.448. The predicted octanol–water partition coefficient (Wildman–Crippen LogP) is 4.44. The number of hydrogen-bond acceptors (Lipinski definition) is 9. The number of carboxylic acid groups (broad SMARTS) is 1. The number of anilines is 1. The van der Waals surface area contributed by atoms with Gasteiger partial charge in [0.1, 0.15) is 0 Å². The summed E-state index contributed by atoms with van der Waals surface area (Å²) < 4.78 is 6.14. The number of piperidine rings is 1. The molecule has 2 saturated heterocycles. The molecule has 5 rings (SSSR count). The zero-order chi connectivity index (χ0) is 28.9. The average molecular weight is 602 g/mol. The number of carboxylic acids is 1. The normalized spacial score (nSPS) is 17.9. The van der Waals surface area contributed by atoms with Gasteiger partial charge in [-0.15, -0.1) is 0 Å². The minimum Gasteiger partial charge on any atom is -0.479 e. The summed E-state index contributed by atoms with van der Waals surface area (Å²) in [4.78, 5) is 31.6. The maximum absolute atomic E-state index is 11.0. The molecule has 0 saturated carbocycles. The summed E-state index contributed by atoms with van der Waals surface area (Å²) in [5.74, 6) is 0.599. The van der Waals surface area contributed by atoms with E-state index in [1.54, 1.807) is 18.5 Å². The van der Waals surface area contributed by atoms with Crippen molar-refractivity contribution in [2.75, 3.05) is 51.2 Å². The Kier molecular flexibility index (Phi) is 9.57. The number of hydrogen-bond donors (Lipinski definition) is 2. The van der Waals surface area contributed by atoms with Gasteiger partial charge in [-0.2, -0.15) is 0 Å². The number of carbonyl (C=O) groups is 1. The number of aliphatic hydroxyl groups is 1. The molecule has 12 heteroatoms. The summed E-state index contributed by atoms with van der Waals surface area (Å²) in [6.07, 6.45) is 3.96. The number of aromatic nitrogens is 3. The van der Waals surface area contributed by atoms with Crippen LogP contribution in [0.15, 0.2) is 42.7 Å². The van der Waals surface area contributed by atoms with Crippen LogP contribution in [0.1, 0.15) is 24.8 Å². The van der Waals surface area contributed by atoms with E-state index < -0.39 is 12.1 Å². The minimum absolute atomic E-state index is 0.187. The fourth-order valence-corrected chi connectivity index (χ4v) is 5.79. The summed E-state index contributed by atoms with van der Waals surface area (Å²) in [6, 6.07) is 9.22. The molecule has 2 fully saturated rings. The highest BCUT2D eigenvalue weighted by Gasteiger charge is 2.25. The molecular formula is C29H34Cl2N6O4. The van der Waals surface area contributed by atoms with Crippen molar-refractivity contribution in [2.45, 2.75) is 31.9 Å². The Morgan fingerprint density at radius 2 is 1.66 bits per heavy atom. The molecule has 0 spiro atoms. The van der Waals surface area contributed by atoms with Crippen molar-refractivity contribution >= 4 is 35.1 Å². The molecule has 0 amide bonds. The van der Waals surface area contributed by atoms with Crippen molar-refractivity contribution in [1.82, 2.24) is 24.8 Å². The number of likely N-dealkylation sites (tertiary alicyclic amines) is 1. The van der Waals surface area contributed by atoms with Gasteiger partial charge in [0.15, 0.2) is 11.9 Å². The lowest BCUT2D eigenvalue weighted by molar-refractivity contribution is -0.147. The van der Waals surface area contributed by atoms with E-state index in [1.165, 1.54) is 0 Å². The zero-order valence-corrected chi connectivity index (χ0v) is 24.4. The topological polar surface area (TPSA) is 115 Å². The molecule has 2 N–H and O–H groups in total. The third-order valence-electron chi connectivity index (χ3n) is 7.60. The predicted molar refractivity (Wildman–Crippen MR) is 158 cm³/mol. The van der Waals surface area contributed by atoms with Crippen LogP contribution >= 0.6 is 23.2 Å². The number of ether oxygens (including phenoxy) is 1. The molecular weight excluding hydrogens is 567 g/mol. The van der Waals surface area contributed by atoms with Gasteiger partial charge in [-0.25, -0.2) is 19.7 Å². The number of rotatable bonds is 9. The number of nitrogens with zero attached hydrogens (tertiary/aromatic N) is 6. The van der Waals surface area contributed by atoms with E-state index in [0.29, 0.717) is 39.9 Å². The fourth-order valence-electron chi connectivity index (χ4n) is 5.26. The monoisotopic (exact) mass is 600 g/mol. The van der Waals surface area contributed by atoms with Gasteiger partial charge in [0, 0.05) is 54.4 Å². The highest BCUT2D eigenvalue weighted by molar-refractivity contribution is 6.35. The lowest BCUT2D eigenvalue weighted by Gasteiger charge is -2.32. The highest BCUT2D eigenvalue weighted by atomic mass is 35.5. The standard InChI is InChI=1S/C29H34Cl2N6O4/c1-35-6-8-37(9-7-35)29-32-16-24(17-33-29)41-27-12-20(10-25(34-27)21-13-22(30)15-23(31)14-21)18-36-4-2-19(3-5-36)11-26(38)28(39)40/h10,12-17,19,26,38H,2-9,11,18H2,1H3,(H,39,40). The summed E-state index contributed by atoms with van der Waals surface area (Å²) >= 11 is 12.6. The third kappa shape index (κ3) is 8.05. The van der Waals surface area contributed by atoms with Crippen LogP contribution in [0.5, 0.6) is 11.6 Å². The number of aliphatic carboxylic acids is 1. The first-order valence-corrected chi connectivity index (χ1v) is 14.5. The van der Waals surface area contributed by atoms with Crippen LogP contribution in [0.3, 0.4) is 0 Å². The molecule has 1 atom stereocenters. The van der Waals surface area contributed by atoms with Gasteiger partial charge in [0.2, 0.25) is 11.8 Å². The van der Waals surface area contributed by atoms with Gasteiger partial charge in [0.25, 0.3) is 0 Å². The first kappa shape index (κ1) is 29.5. The summed E-state index contributed by atoms with van der Waals surface area (Å²) in [5, 5.41) is 19.8. The van der Waals surface area contributed by atoms with Gasteiger partial charge in [-0.1, -0.05) is 23.2 Å². The second-order valence-electron chi connectivity index (χ2n) is 10.8. The van der Waals surface area contributed by atoms with Crippen LogP contribution in [-0.4, -0.2) is 93.4 Å². The molecule has 2 aromatic heterocycles. The van der Waals surface area contributed by atoms with Crippen molar-refractivity contribution < 1.29 is 19.7 Å². The quantitative estimate of drug-likeness (QED) is 0.365. The molecule has 1 unspecified atom stereocenters. The van der Waals surface area contributed by atoms with Crippen LogP contribution in [-0.2, 0) is 11.3 Å². The number of benzene rings is 1. The molecule has 2 aliphatic heterocycles. The maximum Gasteiger partial charge on any atom is 0.332 e. The molecule has 0 bridgehead atoms. The first-order valence-electron chi connectivity index (χ1n) is 13.8. The van der Waals surface area contributed by atoms with E-state index in [1.807, 2.05) is 24.3 Å². The van der Waals surface area contributed by atoms with E-state index >= 15 is 0 Å². The molecule has 10 nitrogen and oxygen atoms in total. The molecule has 0 radical (unpaired) electrons. The lowest BCUT2D eigenvalue weighted by Crippen LogP contribution is -2.45. The van der Waals surface area contributed by atoms with Gasteiger partial charge >= 0.3 is 5.97 Å². The van der Waals surface area contributed by atoms with Crippen LogP contribution in [0.4, 0.5) is 5.95 Å². The highest BCUT2D eigenvalue weighted by Crippen LogP contribution is 2.31. The van der Waals surface area contributed by atoms with Crippen molar-refractivity contribution in [3.8, 4) is 22.9 Å². The summed E-state index contributed by atoms with van der Waals surface area (Å²) in [7, 11) is 2.11. The van der Waals surface area contributed by atoms with Crippen LogP contribution in [0, 0.1) is 5.92 Å². The summed E-state index contributed by atoms with van der Waals surface area (Å²) in [5.41, 5.74) is 2.45. The smallest absolute Gasteiger partial charge is 0.332 e. The Morgan fingerprint density at radius 3 is 2.29 bits per heavy atom. The van der Waals surface area contributed by atoms with Crippen LogP contribution in [0.2, 0.25) is 10.0 Å². The Labute approximate surface area is 249 Å². The molecule has 218 valence electrons. The lowest BCUT2D eigenvalue weighted by atomic mass is 9.91. The largest absolute Gasteiger partial charge is 0.479 e. The number of likely N-dealkylation sites (N-methyl/N-ethyl adjacent to an activating group) is 1. The molecule has 2 aliphatic rings. The van der Waals surface area contributed by atoms with Crippen LogP contribution in [0.25, 0.3) is 11.3 Å². The Morgan fingerprint density at radius 1 is 1.00 bits per heavy atom. The second-order valence-corrected chi connectivity index (χ2v) is 11.7. The van der Waals surface area contributed by atoms with E-state index in [4.69, 9.17) is 38.0 Å². The van der Waals surface area contributed by atoms with Gasteiger partial charge < -0.3 is 24.7 Å². The maximum atomic E-state index is 11.0. The van der Waals surface area contributed by atoms with Gasteiger partial charge in [-0.3, -0.25) is 4.90 Å². The second kappa shape index (κ2) is 13.3. The Bertz CT molecular complexity index is 1330. The molecule has 4 heterocycles.